The third-order valence-corrected chi connectivity index (χ3v) is 5.12. The number of rotatable bonds is 4. The second kappa shape index (κ2) is 6.76. The molecule has 2 rings (SSSR count). The number of esters is 1. The van der Waals surface area contributed by atoms with Crippen LogP contribution in [0.4, 0.5) is 0 Å². The topological polar surface area (TPSA) is 89.9 Å². The average Bonchev–Trinajstić information content (AvgIpc) is 2.45. The smallest absolute Gasteiger partial charge is 0.308 e. The molecule has 0 heterocycles. The van der Waals surface area contributed by atoms with Gasteiger partial charge in [0.15, 0.2) is 0 Å². The van der Waals surface area contributed by atoms with E-state index >= 15 is 0 Å². The zero-order valence-electron chi connectivity index (χ0n) is 12.6. The van der Waals surface area contributed by atoms with Gasteiger partial charge in [-0.1, -0.05) is 17.7 Å². The van der Waals surface area contributed by atoms with Crippen LogP contribution in [0.2, 0.25) is 0 Å². The second-order valence-electron chi connectivity index (χ2n) is 5.57. The van der Waals surface area contributed by atoms with Gasteiger partial charge in [0.05, 0.1) is 30.1 Å². The van der Waals surface area contributed by atoms with E-state index in [1.165, 1.54) is 19.2 Å². The Morgan fingerprint density at radius 2 is 1.82 bits per heavy atom. The molecule has 0 bridgehead atoms. The maximum atomic E-state index is 12.2. The van der Waals surface area contributed by atoms with Crippen LogP contribution in [0.25, 0.3) is 0 Å². The Balaban J connectivity index is 2.11. The highest BCUT2D eigenvalue weighted by molar-refractivity contribution is 7.86. The van der Waals surface area contributed by atoms with E-state index in [1.54, 1.807) is 12.1 Å². The molecule has 122 valence electrons. The Labute approximate surface area is 130 Å². The summed E-state index contributed by atoms with van der Waals surface area (Å²) in [5.74, 6) is -1.01. The number of benzene rings is 1. The largest absolute Gasteiger partial charge is 0.469 e. The van der Waals surface area contributed by atoms with Gasteiger partial charge >= 0.3 is 5.97 Å². The van der Waals surface area contributed by atoms with Gasteiger partial charge in [-0.25, -0.2) is 0 Å². The molecular weight excluding hydrogens is 308 g/mol. The normalized spacial score (nSPS) is 25.7. The molecule has 1 aromatic carbocycles. The van der Waals surface area contributed by atoms with Gasteiger partial charge in [0.1, 0.15) is 0 Å². The Morgan fingerprint density at radius 3 is 2.41 bits per heavy atom. The number of hydrogen-bond donors (Lipinski definition) is 1. The second-order valence-corrected chi connectivity index (χ2v) is 7.14. The van der Waals surface area contributed by atoms with Gasteiger partial charge in [-0.3, -0.25) is 8.98 Å². The minimum Gasteiger partial charge on any atom is -0.469 e. The molecule has 3 atom stereocenters. The minimum absolute atomic E-state index is 0.0628. The van der Waals surface area contributed by atoms with Gasteiger partial charge in [0.2, 0.25) is 0 Å². The Hall–Kier alpha value is -1.44. The van der Waals surface area contributed by atoms with Crippen molar-refractivity contribution in [1.82, 2.24) is 0 Å². The first-order valence-corrected chi connectivity index (χ1v) is 8.48. The minimum atomic E-state index is -3.92. The van der Waals surface area contributed by atoms with Crippen molar-refractivity contribution in [2.75, 3.05) is 7.11 Å². The Kier molecular flexibility index (Phi) is 5.20. The van der Waals surface area contributed by atoms with E-state index < -0.39 is 34.2 Å². The molecule has 0 aromatic heterocycles. The van der Waals surface area contributed by atoms with Crippen molar-refractivity contribution in [1.29, 1.82) is 0 Å². The van der Waals surface area contributed by atoms with Gasteiger partial charge in [0, 0.05) is 6.42 Å². The van der Waals surface area contributed by atoms with Crippen LogP contribution in [0.5, 0.6) is 0 Å². The molecule has 6 nitrogen and oxygen atoms in total. The van der Waals surface area contributed by atoms with E-state index in [4.69, 9.17) is 4.18 Å². The molecule has 1 fully saturated rings. The lowest BCUT2D eigenvalue weighted by atomic mass is 9.85. The monoisotopic (exact) mass is 328 g/mol. The molecule has 7 heteroatoms. The molecule has 0 spiro atoms. The van der Waals surface area contributed by atoms with Crippen LogP contribution < -0.4 is 0 Å². The maximum Gasteiger partial charge on any atom is 0.308 e. The van der Waals surface area contributed by atoms with Crippen molar-refractivity contribution in [3.05, 3.63) is 29.8 Å². The average molecular weight is 328 g/mol. The van der Waals surface area contributed by atoms with Crippen molar-refractivity contribution in [2.24, 2.45) is 5.92 Å². The van der Waals surface area contributed by atoms with Crippen LogP contribution in [0.15, 0.2) is 29.2 Å². The first-order valence-electron chi connectivity index (χ1n) is 7.07. The van der Waals surface area contributed by atoms with Crippen molar-refractivity contribution < 1.29 is 27.2 Å². The SMILES string of the molecule is COC(=O)[C@@H]1C[C@@H](O)C[C@H](OS(=O)(=O)c2ccc(C)cc2)C1. The van der Waals surface area contributed by atoms with Crippen molar-refractivity contribution in [2.45, 2.75) is 43.3 Å². The zero-order valence-corrected chi connectivity index (χ0v) is 13.4. The van der Waals surface area contributed by atoms with Crippen LogP contribution in [-0.2, 0) is 23.8 Å². The summed E-state index contributed by atoms with van der Waals surface area (Å²) in [4.78, 5) is 11.7. The fraction of sp³-hybridized carbons (Fsp3) is 0.533. The molecule has 1 N–H and O–H groups in total. The third kappa shape index (κ3) is 4.06. The van der Waals surface area contributed by atoms with Crippen LogP contribution in [0.3, 0.4) is 0 Å². The summed E-state index contributed by atoms with van der Waals surface area (Å²) < 4.78 is 34.4. The number of carbonyl (C=O) groups is 1. The lowest BCUT2D eigenvalue weighted by Crippen LogP contribution is -2.36. The summed E-state index contributed by atoms with van der Waals surface area (Å²) in [7, 11) is -2.65. The highest BCUT2D eigenvalue weighted by atomic mass is 32.2. The number of methoxy groups -OCH3 is 1. The molecule has 0 amide bonds. The van der Waals surface area contributed by atoms with Crippen molar-refractivity contribution in [3.63, 3.8) is 0 Å². The van der Waals surface area contributed by atoms with Crippen LogP contribution in [0, 0.1) is 12.8 Å². The Bertz CT molecular complexity index is 622. The fourth-order valence-electron chi connectivity index (χ4n) is 2.62. The highest BCUT2D eigenvalue weighted by Gasteiger charge is 2.35. The van der Waals surface area contributed by atoms with E-state index in [2.05, 4.69) is 4.74 Å². The standard InChI is InChI=1S/C15H20O6S/c1-10-3-5-14(6-4-10)22(18,19)21-13-8-11(15(17)20-2)7-12(16)9-13/h3-6,11-13,16H,7-9H2,1-2H3/t11-,12-,13-/m1/s1. The number of carbonyl (C=O) groups excluding carboxylic acids is 1. The van der Waals surface area contributed by atoms with Gasteiger partial charge in [-0.15, -0.1) is 0 Å². The quantitative estimate of drug-likeness (QED) is 0.664. The number of aliphatic hydroxyl groups excluding tert-OH is 1. The highest BCUT2D eigenvalue weighted by Crippen LogP contribution is 2.30. The molecule has 1 aliphatic carbocycles. The van der Waals surface area contributed by atoms with E-state index in [1.807, 2.05) is 6.92 Å². The van der Waals surface area contributed by atoms with E-state index in [0.29, 0.717) is 0 Å². The number of hydrogen-bond acceptors (Lipinski definition) is 6. The summed E-state index contributed by atoms with van der Waals surface area (Å²) in [6, 6.07) is 6.32. The first-order chi connectivity index (χ1) is 10.3. The van der Waals surface area contributed by atoms with Gasteiger partial charge < -0.3 is 9.84 Å². The lowest BCUT2D eigenvalue weighted by molar-refractivity contribution is -0.149. The molecule has 22 heavy (non-hydrogen) atoms. The van der Waals surface area contributed by atoms with Crippen molar-refractivity contribution >= 4 is 16.1 Å². The van der Waals surface area contributed by atoms with E-state index in [0.717, 1.165) is 5.56 Å². The van der Waals surface area contributed by atoms with E-state index in [9.17, 15) is 18.3 Å². The number of aryl methyl sites for hydroxylation is 1. The fourth-order valence-corrected chi connectivity index (χ4v) is 3.71. The van der Waals surface area contributed by atoms with Crippen molar-refractivity contribution in [3.8, 4) is 0 Å². The molecule has 1 aromatic rings. The summed E-state index contributed by atoms with van der Waals surface area (Å²) in [6.45, 7) is 1.86. The molecule has 1 saturated carbocycles. The number of ether oxygens (including phenoxy) is 1. The molecule has 0 saturated heterocycles. The van der Waals surface area contributed by atoms with Gasteiger partial charge in [-0.05, 0) is 31.9 Å². The summed E-state index contributed by atoms with van der Waals surface area (Å²) >= 11 is 0. The number of aliphatic hydroxyl groups is 1. The van der Waals surface area contributed by atoms with E-state index in [-0.39, 0.29) is 24.2 Å². The first kappa shape index (κ1) is 16.9. The predicted octanol–water partition coefficient (Wildman–Crippen LogP) is 1.40. The van der Waals surface area contributed by atoms with Gasteiger partial charge in [-0.2, -0.15) is 8.42 Å². The molecule has 0 radical (unpaired) electrons. The predicted molar refractivity (Wildman–Crippen MR) is 78.6 cm³/mol. The summed E-state index contributed by atoms with van der Waals surface area (Å²) in [5, 5.41) is 9.82. The molecular formula is C15H20O6S. The van der Waals surface area contributed by atoms with Crippen LogP contribution in [-0.4, -0.2) is 38.8 Å². The Morgan fingerprint density at radius 1 is 1.18 bits per heavy atom. The summed E-state index contributed by atoms with van der Waals surface area (Å²) in [6.07, 6.45) is -0.861. The van der Waals surface area contributed by atoms with Crippen LogP contribution in [0.1, 0.15) is 24.8 Å². The summed E-state index contributed by atoms with van der Waals surface area (Å²) in [5.41, 5.74) is 0.942. The van der Waals surface area contributed by atoms with Gasteiger partial charge in [0.25, 0.3) is 10.1 Å². The molecule has 0 aliphatic heterocycles. The lowest BCUT2D eigenvalue weighted by Gasteiger charge is -2.30. The molecule has 0 unspecified atom stereocenters. The maximum absolute atomic E-state index is 12.2. The molecule has 1 aliphatic rings. The van der Waals surface area contributed by atoms with Crippen LogP contribution >= 0.6 is 0 Å². The zero-order chi connectivity index (χ0) is 16.3. The third-order valence-electron chi connectivity index (χ3n) is 3.75.